The molecule has 0 atom stereocenters. The van der Waals surface area contributed by atoms with Crippen LogP contribution < -0.4 is 4.90 Å². The zero-order valence-corrected chi connectivity index (χ0v) is 19.2. The highest BCUT2D eigenvalue weighted by molar-refractivity contribution is 5.82. The van der Waals surface area contributed by atoms with Crippen molar-refractivity contribution in [1.29, 1.82) is 0 Å². The van der Waals surface area contributed by atoms with Crippen molar-refractivity contribution < 1.29 is 0 Å². The Bertz CT molecular complexity index is 1030. The van der Waals surface area contributed by atoms with E-state index in [0.717, 1.165) is 74.2 Å². The number of hydrogen-bond acceptors (Lipinski definition) is 5. The normalized spacial score (nSPS) is 12.2. The summed E-state index contributed by atoms with van der Waals surface area (Å²) in [4.78, 5) is 19.8. The largest absolute Gasteiger partial charge is 0.355 e. The minimum absolute atomic E-state index is 0.748. The maximum absolute atomic E-state index is 5.12. The summed E-state index contributed by atoms with van der Waals surface area (Å²) in [6, 6.07) is 12.7. The Balaban J connectivity index is 1.74. The van der Waals surface area contributed by atoms with Crippen molar-refractivity contribution in [1.82, 2.24) is 19.9 Å². The van der Waals surface area contributed by atoms with Crippen molar-refractivity contribution >= 4 is 5.82 Å². The van der Waals surface area contributed by atoms with E-state index < -0.39 is 0 Å². The Morgan fingerprint density at radius 3 is 2.42 bits per heavy atom. The van der Waals surface area contributed by atoms with Gasteiger partial charge in [-0.25, -0.2) is 9.97 Å². The molecule has 3 aromatic rings. The number of aromatic nitrogens is 3. The summed E-state index contributed by atoms with van der Waals surface area (Å²) in [5.74, 6) is 1.94. The summed E-state index contributed by atoms with van der Waals surface area (Å²) in [6.07, 6.45) is 3.55. The van der Waals surface area contributed by atoms with Gasteiger partial charge in [-0.3, -0.25) is 4.98 Å². The summed E-state index contributed by atoms with van der Waals surface area (Å²) in [6.45, 7) is 13.8. The molecule has 31 heavy (non-hydrogen) atoms. The summed E-state index contributed by atoms with van der Waals surface area (Å²) in [5, 5.41) is 0. The lowest BCUT2D eigenvalue weighted by molar-refractivity contribution is 0.309. The summed E-state index contributed by atoms with van der Waals surface area (Å²) < 4.78 is 0. The Morgan fingerprint density at radius 1 is 0.935 bits per heavy atom. The van der Waals surface area contributed by atoms with Gasteiger partial charge in [0.15, 0.2) is 0 Å². The number of fused-ring (bicyclic) bond motifs is 3. The van der Waals surface area contributed by atoms with Crippen molar-refractivity contribution in [3.63, 3.8) is 0 Å². The van der Waals surface area contributed by atoms with E-state index in [1.807, 2.05) is 6.20 Å². The number of likely N-dealkylation sites (N-methyl/N-ethyl adjacent to an activating group) is 2. The predicted molar refractivity (Wildman–Crippen MR) is 128 cm³/mol. The molecule has 0 radical (unpaired) electrons. The first-order valence-electron chi connectivity index (χ1n) is 11.5. The van der Waals surface area contributed by atoms with Crippen molar-refractivity contribution in [3.05, 3.63) is 70.8 Å². The molecular weight excluding hydrogens is 382 g/mol. The van der Waals surface area contributed by atoms with Gasteiger partial charge in [0, 0.05) is 38.7 Å². The highest BCUT2D eigenvalue weighted by Gasteiger charge is 2.28. The molecule has 0 unspecified atom stereocenters. The molecule has 1 aromatic carbocycles. The van der Waals surface area contributed by atoms with E-state index in [0.29, 0.717) is 0 Å². The molecule has 1 aliphatic carbocycles. The van der Waals surface area contributed by atoms with E-state index >= 15 is 0 Å². The van der Waals surface area contributed by atoms with Gasteiger partial charge >= 0.3 is 0 Å². The van der Waals surface area contributed by atoms with Crippen LogP contribution in [0, 0.1) is 6.92 Å². The molecule has 0 fully saturated rings. The molecule has 2 heterocycles. The van der Waals surface area contributed by atoms with E-state index in [4.69, 9.17) is 15.0 Å². The number of nitrogens with zero attached hydrogens (tertiary/aromatic N) is 5. The maximum Gasteiger partial charge on any atom is 0.142 e. The van der Waals surface area contributed by atoms with Crippen molar-refractivity contribution in [3.8, 4) is 11.3 Å². The SMILES string of the molecule is CCN(CC)CCN(CC)c1nc(Cc2ccccc2)nc2c1-c1ncc(C)cc1C2. The van der Waals surface area contributed by atoms with Crippen molar-refractivity contribution in [2.24, 2.45) is 0 Å². The van der Waals surface area contributed by atoms with Gasteiger partial charge < -0.3 is 9.80 Å². The second-order valence-electron chi connectivity index (χ2n) is 8.25. The predicted octanol–water partition coefficient (Wildman–Crippen LogP) is 4.51. The van der Waals surface area contributed by atoms with Gasteiger partial charge in [-0.2, -0.15) is 0 Å². The minimum atomic E-state index is 0.748. The van der Waals surface area contributed by atoms with Crippen LogP contribution in [0.1, 0.15) is 49.0 Å². The lowest BCUT2D eigenvalue weighted by atomic mass is 10.1. The topological polar surface area (TPSA) is 45.2 Å². The molecule has 0 spiro atoms. The average molecular weight is 416 g/mol. The first kappa shape index (κ1) is 21.4. The molecule has 2 aromatic heterocycles. The Hall–Kier alpha value is -2.79. The highest BCUT2D eigenvalue weighted by atomic mass is 15.2. The van der Waals surface area contributed by atoms with Crippen molar-refractivity contribution in [2.75, 3.05) is 37.6 Å². The van der Waals surface area contributed by atoms with Crippen LogP contribution in [-0.4, -0.2) is 52.6 Å². The first-order chi connectivity index (χ1) is 15.1. The van der Waals surface area contributed by atoms with Crippen LogP contribution in [0.15, 0.2) is 42.6 Å². The van der Waals surface area contributed by atoms with E-state index in [-0.39, 0.29) is 0 Å². The Kier molecular flexibility index (Phi) is 6.62. The molecule has 0 N–H and O–H groups in total. The molecule has 162 valence electrons. The molecule has 0 saturated carbocycles. The molecular formula is C26H33N5. The molecule has 0 amide bonds. The standard InChI is InChI=1S/C26H33N5/c1-5-30(6-2)13-14-31(7-3)26-24-22(17-21-15-19(4)18-27-25(21)24)28-23(29-26)16-20-11-9-8-10-12-20/h8-12,15,18H,5-7,13-14,16-17H2,1-4H3. The zero-order valence-electron chi connectivity index (χ0n) is 19.2. The van der Waals surface area contributed by atoms with E-state index in [1.54, 1.807) is 0 Å². The molecule has 0 saturated heterocycles. The highest BCUT2D eigenvalue weighted by Crippen LogP contribution is 2.40. The molecule has 1 aliphatic rings. The lowest BCUT2D eigenvalue weighted by Gasteiger charge is -2.28. The summed E-state index contributed by atoms with van der Waals surface area (Å²) in [7, 11) is 0. The smallest absolute Gasteiger partial charge is 0.142 e. The van der Waals surface area contributed by atoms with Crippen LogP contribution in [-0.2, 0) is 12.8 Å². The number of benzene rings is 1. The summed E-state index contributed by atoms with van der Waals surface area (Å²) in [5.41, 5.74) is 7.01. The second kappa shape index (κ2) is 9.56. The number of hydrogen-bond donors (Lipinski definition) is 0. The Morgan fingerprint density at radius 2 is 1.71 bits per heavy atom. The fourth-order valence-electron chi connectivity index (χ4n) is 4.39. The van der Waals surface area contributed by atoms with Gasteiger partial charge in [-0.1, -0.05) is 50.2 Å². The third-order valence-electron chi connectivity index (χ3n) is 6.18. The zero-order chi connectivity index (χ0) is 21.8. The first-order valence-corrected chi connectivity index (χ1v) is 11.5. The lowest BCUT2D eigenvalue weighted by Crippen LogP contribution is -2.36. The number of rotatable bonds is 9. The van der Waals surface area contributed by atoms with Gasteiger partial charge in [-0.05, 0) is 43.6 Å². The van der Waals surface area contributed by atoms with Gasteiger partial charge in [0.05, 0.1) is 17.0 Å². The molecule has 5 heteroatoms. The van der Waals surface area contributed by atoms with Gasteiger partial charge in [-0.15, -0.1) is 0 Å². The quantitative estimate of drug-likeness (QED) is 0.402. The second-order valence-corrected chi connectivity index (χ2v) is 8.25. The van der Waals surface area contributed by atoms with Crippen LogP contribution in [0.5, 0.6) is 0 Å². The molecule has 0 aliphatic heterocycles. The van der Waals surface area contributed by atoms with Gasteiger partial charge in [0.25, 0.3) is 0 Å². The third kappa shape index (κ3) is 4.62. The third-order valence-corrected chi connectivity index (χ3v) is 6.18. The van der Waals surface area contributed by atoms with Crippen LogP contribution in [0.2, 0.25) is 0 Å². The fourth-order valence-corrected chi connectivity index (χ4v) is 4.39. The van der Waals surface area contributed by atoms with E-state index in [2.05, 4.69) is 73.9 Å². The molecule has 4 rings (SSSR count). The molecule has 0 bridgehead atoms. The van der Waals surface area contributed by atoms with Crippen LogP contribution >= 0.6 is 0 Å². The van der Waals surface area contributed by atoms with Crippen LogP contribution in [0.3, 0.4) is 0 Å². The Labute approximate surface area is 186 Å². The maximum atomic E-state index is 5.12. The van der Waals surface area contributed by atoms with Crippen LogP contribution in [0.4, 0.5) is 5.82 Å². The number of aryl methyl sites for hydroxylation is 1. The number of pyridine rings is 1. The fraction of sp³-hybridized carbons (Fsp3) is 0.423. The molecule has 5 nitrogen and oxygen atoms in total. The average Bonchev–Trinajstić information content (AvgIpc) is 3.14. The van der Waals surface area contributed by atoms with Crippen molar-refractivity contribution in [2.45, 2.75) is 40.5 Å². The minimum Gasteiger partial charge on any atom is -0.355 e. The van der Waals surface area contributed by atoms with Crippen LogP contribution in [0.25, 0.3) is 11.3 Å². The van der Waals surface area contributed by atoms with E-state index in [1.165, 1.54) is 16.7 Å². The van der Waals surface area contributed by atoms with E-state index in [9.17, 15) is 0 Å². The van der Waals surface area contributed by atoms with Gasteiger partial charge in [0.1, 0.15) is 11.6 Å². The van der Waals surface area contributed by atoms with Gasteiger partial charge in [0.2, 0.25) is 0 Å². The monoisotopic (exact) mass is 415 g/mol. The summed E-state index contributed by atoms with van der Waals surface area (Å²) >= 11 is 0. The number of anilines is 1.